The smallest absolute Gasteiger partial charge is 0.286 e. The highest BCUT2D eigenvalue weighted by molar-refractivity contribution is 5.95. The quantitative estimate of drug-likeness (QED) is 0.864. The summed E-state index contributed by atoms with van der Waals surface area (Å²) in [5, 5.41) is 3.52. The van der Waals surface area contributed by atoms with Crippen molar-refractivity contribution < 1.29 is 9.21 Å². The van der Waals surface area contributed by atoms with Gasteiger partial charge in [-0.2, -0.15) is 0 Å². The van der Waals surface area contributed by atoms with E-state index in [2.05, 4.69) is 12.2 Å². The molecule has 0 saturated carbocycles. The lowest BCUT2D eigenvalue weighted by Gasteiger charge is -1.93. The van der Waals surface area contributed by atoms with Crippen LogP contribution in [0.3, 0.4) is 0 Å². The number of amides is 1. The second-order valence-corrected chi connectivity index (χ2v) is 3.42. The first-order valence-corrected chi connectivity index (χ1v) is 5.99. The van der Waals surface area contributed by atoms with Crippen molar-refractivity contribution >= 4 is 16.9 Å². The van der Waals surface area contributed by atoms with E-state index in [0.717, 1.165) is 17.4 Å². The van der Waals surface area contributed by atoms with Crippen molar-refractivity contribution in [2.24, 2.45) is 0 Å². The van der Waals surface area contributed by atoms with E-state index in [1.54, 1.807) is 13.1 Å². The number of fused-ring (bicyclic) bond motifs is 1. The summed E-state index contributed by atoms with van der Waals surface area (Å²) >= 11 is 0. The molecule has 0 aliphatic rings. The summed E-state index contributed by atoms with van der Waals surface area (Å²) in [5.41, 5.74) is 2.00. The van der Waals surface area contributed by atoms with Gasteiger partial charge in [-0.3, -0.25) is 4.79 Å². The maximum absolute atomic E-state index is 11.3. The van der Waals surface area contributed by atoms with E-state index in [0.29, 0.717) is 5.76 Å². The van der Waals surface area contributed by atoms with Crippen molar-refractivity contribution in [3.63, 3.8) is 0 Å². The summed E-state index contributed by atoms with van der Waals surface area (Å²) in [6.07, 6.45) is 0.983. The van der Waals surface area contributed by atoms with Crippen LogP contribution in [0.15, 0.2) is 28.7 Å². The zero-order valence-electron chi connectivity index (χ0n) is 10.8. The number of hydrogen-bond acceptors (Lipinski definition) is 2. The van der Waals surface area contributed by atoms with Gasteiger partial charge in [-0.25, -0.2) is 0 Å². The van der Waals surface area contributed by atoms with Crippen molar-refractivity contribution in [2.75, 3.05) is 7.05 Å². The van der Waals surface area contributed by atoms with E-state index < -0.39 is 0 Å². The molecule has 0 bridgehead atoms. The normalized spacial score (nSPS) is 9.65. The van der Waals surface area contributed by atoms with Crippen LogP contribution >= 0.6 is 0 Å². The third kappa shape index (κ3) is 2.87. The highest BCUT2D eigenvalue weighted by Crippen LogP contribution is 2.20. The molecule has 2 aromatic rings. The summed E-state index contributed by atoms with van der Waals surface area (Å²) < 4.78 is 5.41. The molecule has 0 radical (unpaired) electrons. The number of furan rings is 1. The summed E-state index contributed by atoms with van der Waals surface area (Å²) in [5.74, 6) is 0.171. The topological polar surface area (TPSA) is 42.2 Å². The maximum atomic E-state index is 11.3. The van der Waals surface area contributed by atoms with Gasteiger partial charge in [0.25, 0.3) is 5.91 Å². The van der Waals surface area contributed by atoms with Gasteiger partial charge < -0.3 is 9.73 Å². The molecule has 0 aliphatic carbocycles. The van der Waals surface area contributed by atoms with Gasteiger partial charge in [0.15, 0.2) is 5.76 Å². The lowest BCUT2D eigenvalue weighted by molar-refractivity contribution is 0.0938. The third-order valence-electron chi connectivity index (χ3n) is 2.44. The summed E-state index contributed by atoms with van der Waals surface area (Å²) in [7, 11) is 1.59. The van der Waals surface area contributed by atoms with Gasteiger partial charge in [0, 0.05) is 12.4 Å². The molecule has 17 heavy (non-hydrogen) atoms. The standard InChI is InChI=1S/C12H13NO2.C2H6/c1-3-8-4-5-10-9(6-8)7-11(15-10)12(14)13-2;1-2/h4-7H,3H2,1-2H3,(H,13,14);1-2H3. The molecule has 0 saturated heterocycles. The number of benzene rings is 1. The molecule has 0 spiro atoms. The minimum atomic E-state index is -0.191. The molecular formula is C14H19NO2. The van der Waals surface area contributed by atoms with Crippen LogP contribution < -0.4 is 5.32 Å². The molecule has 1 amide bonds. The molecule has 0 unspecified atom stereocenters. The van der Waals surface area contributed by atoms with Gasteiger partial charge >= 0.3 is 0 Å². The van der Waals surface area contributed by atoms with Crippen molar-refractivity contribution in [1.29, 1.82) is 0 Å². The first-order chi connectivity index (χ1) is 8.24. The zero-order valence-corrected chi connectivity index (χ0v) is 10.8. The lowest BCUT2D eigenvalue weighted by Crippen LogP contribution is -2.16. The second kappa shape index (κ2) is 6.09. The second-order valence-electron chi connectivity index (χ2n) is 3.42. The zero-order chi connectivity index (χ0) is 12.8. The van der Waals surface area contributed by atoms with Gasteiger partial charge in [0.2, 0.25) is 0 Å². The van der Waals surface area contributed by atoms with E-state index >= 15 is 0 Å². The van der Waals surface area contributed by atoms with E-state index in [4.69, 9.17) is 4.42 Å². The minimum absolute atomic E-state index is 0.191. The fourth-order valence-electron chi connectivity index (χ4n) is 1.55. The number of hydrogen-bond donors (Lipinski definition) is 1. The summed E-state index contributed by atoms with van der Waals surface area (Å²) in [6, 6.07) is 7.73. The number of carbonyl (C=O) groups is 1. The van der Waals surface area contributed by atoms with Gasteiger partial charge in [0.1, 0.15) is 5.58 Å². The minimum Gasteiger partial charge on any atom is -0.451 e. The number of nitrogens with one attached hydrogen (secondary N) is 1. The van der Waals surface area contributed by atoms with Gasteiger partial charge in [-0.05, 0) is 30.2 Å². The van der Waals surface area contributed by atoms with Crippen LogP contribution in [0.5, 0.6) is 0 Å². The SMILES string of the molecule is CC.CCc1ccc2oc(C(=O)NC)cc2c1. The number of carbonyl (C=O) groups excluding carboxylic acids is 1. The third-order valence-corrected chi connectivity index (χ3v) is 2.44. The van der Waals surface area contributed by atoms with E-state index in [-0.39, 0.29) is 5.91 Å². The highest BCUT2D eigenvalue weighted by Gasteiger charge is 2.10. The molecule has 0 aliphatic heterocycles. The fraction of sp³-hybridized carbons (Fsp3) is 0.357. The van der Waals surface area contributed by atoms with Crippen LogP contribution in [0.1, 0.15) is 36.9 Å². The van der Waals surface area contributed by atoms with Crippen LogP contribution in [-0.4, -0.2) is 13.0 Å². The lowest BCUT2D eigenvalue weighted by atomic mass is 10.1. The molecule has 1 aromatic heterocycles. The van der Waals surface area contributed by atoms with E-state index in [1.807, 2.05) is 32.0 Å². The average molecular weight is 233 g/mol. The monoisotopic (exact) mass is 233 g/mol. The Morgan fingerprint density at radius 1 is 1.29 bits per heavy atom. The Morgan fingerprint density at radius 3 is 2.59 bits per heavy atom. The molecule has 3 heteroatoms. The summed E-state index contributed by atoms with van der Waals surface area (Å²) in [4.78, 5) is 11.3. The Kier molecular flexibility index (Phi) is 4.76. The molecule has 2 rings (SSSR count). The molecule has 3 nitrogen and oxygen atoms in total. The first-order valence-electron chi connectivity index (χ1n) is 5.99. The van der Waals surface area contributed by atoms with Crippen molar-refractivity contribution in [3.05, 3.63) is 35.6 Å². The molecule has 0 fully saturated rings. The first kappa shape index (κ1) is 13.3. The van der Waals surface area contributed by atoms with E-state index in [9.17, 15) is 4.79 Å². The molecule has 0 atom stereocenters. The predicted octanol–water partition coefficient (Wildman–Crippen LogP) is 3.38. The molecule has 1 heterocycles. The Balaban J connectivity index is 0.000000686. The van der Waals surface area contributed by atoms with Crippen molar-refractivity contribution in [1.82, 2.24) is 5.32 Å². The van der Waals surface area contributed by atoms with Crippen LogP contribution in [0.2, 0.25) is 0 Å². The highest BCUT2D eigenvalue weighted by atomic mass is 16.3. The van der Waals surface area contributed by atoms with Gasteiger partial charge in [0.05, 0.1) is 0 Å². The Labute approximate surface area is 102 Å². The average Bonchev–Trinajstić information content (AvgIpc) is 2.82. The molecule has 92 valence electrons. The molecule has 1 N–H and O–H groups in total. The van der Waals surface area contributed by atoms with Gasteiger partial charge in [-0.15, -0.1) is 0 Å². The number of rotatable bonds is 2. The number of aryl methyl sites for hydroxylation is 1. The Bertz CT molecular complexity index is 500. The van der Waals surface area contributed by atoms with Gasteiger partial charge in [-0.1, -0.05) is 26.8 Å². The molecular weight excluding hydrogens is 214 g/mol. The van der Waals surface area contributed by atoms with Crippen LogP contribution in [0.25, 0.3) is 11.0 Å². The van der Waals surface area contributed by atoms with Crippen LogP contribution in [0.4, 0.5) is 0 Å². The Hall–Kier alpha value is -1.77. The maximum Gasteiger partial charge on any atom is 0.286 e. The fourth-order valence-corrected chi connectivity index (χ4v) is 1.55. The van der Waals surface area contributed by atoms with Crippen molar-refractivity contribution in [2.45, 2.75) is 27.2 Å². The summed E-state index contributed by atoms with van der Waals surface area (Å²) in [6.45, 7) is 6.10. The van der Waals surface area contributed by atoms with Crippen LogP contribution in [0, 0.1) is 0 Å². The predicted molar refractivity (Wildman–Crippen MR) is 70.3 cm³/mol. The largest absolute Gasteiger partial charge is 0.451 e. The van der Waals surface area contributed by atoms with Crippen molar-refractivity contribution in [3.8, 4) is 0 Å². The molecule has 1 aromatic carbocycles. The Morgan fingerprint density at radius 2 is 2.00 bits per heavy atom. The van der Waals surface area contributed by atoms with E-state index in [1.165, 1.54) is 5.56 Å². The van der Waals surface area contributed by atoms with Crippen LogP contribution in [-0.2, 0) is 6.42 Å².